The number of H-pyrrole nitrogens is 1. The molecule has 0 saturated heterocycles. The molecule has 0 saturated carbocycles. The molecule has 0 aliphatic rings. The summed E-state index contributed by atoms with van der Waals surface area (Å²) in [7, 11) is 1.55. The standard InChI is InChI=1S/C12H21N5O3/c1-4-5-9-15-10(17-16-9)12(19)14-8(2)11(18)13-6-7-20-3/h8H,4-7H2,1-3H3,(H,13,18)(H,14,19)(H,15,16,17). The molecular weight excluding hydrogens is 262 g/mol. The van der Waals surface area contributed by atoms with Crippen molar-refractivity contribution in [3.63, 3.8) is 0 Å². The van der Waals surface area contributed by atoms with Gasteiger partial charge in [-0.1, -0.05) is 6.92 Å². The average Bonchev–Trinajstić information content (AvgIpc) is 2.88. The zero-order valence-corrected chi connectivity index (χ0v) is 12.0. The van der Waals surface area contributed by atoms with E-state index >= 15 is 0 Å². The molecule has 0 aliphatic heterocycles. The second-order valence-corrected chi connectivity index (χ2v) is 4.33. The number of carbonyl (C=O) groups is 2. The second-order valence-electron chi connectivity index (χ2n) is 4.33. The van der Waals surface area contributed by atoms with Crippen molar-refractivity contribution in [2.75, 3.05) is 20.3 Å². The molecule has 112 valence electrons. The van der Waals surface area contributed by atoms with E-state index in [1.165, 1.54) is 0 Å². The highest BCUT2D eigenvalue weighted by Crippen LogP contribution is 1.97. The molecule has 0 radical (unpaired) electrons. The van der Waals surface area contributed by atoms with E-state index in [-0.39, 0.29) is 11.7 Å². The van der Waals surface area contributed by atoms with E-state index in [1.54, 1.807) is 14.0 Å². The number of aromatic amines is 1. The molecule has 0 fully saturated rings. The molecule has 1 heterocycles. The van der Waals surface area contributed by atoms with Gasteiger partial charge in [-0.25, -0.2) is 4.98 Å². The van der Waals surface area contributed by atoms with Crippen molar-refractivity contribution in [1.29, 1.82) is 0 Å². The van der Waals surface area contributed by atoms with Crippen LogP contribution in [0.25, 0.3) is 0 Å². The van der Waals surface area contributed by atoms with E-state index in [2.05, 4.69) is 25.8 Å². The molecule has 0 aromatic carbocycles. The Morgan fingerprint density at radius 2 is 2.20 bits per heavy atom. The Morgan fingerprint density at radius 3 is 2.85 bits per heavy atom. The molecule has 0 aliphatic carbocycles. The van der Waals surface area contributed by atoms with Crippen LogP contribution in [0.5, 0.6) is 0 Å². The van der Waals surface area contributed by atoms with E-state index in [9.17, 15) is 9.59 Å². The monoisotopic (exact) mass is 283 g/mol. The van der Waals surface area contributed by atoms with Crippen molar-refractivity contribution in [2.45, 2.75) is 32.7 Å². The molecule has 0 spiro atoms. The Morgan fingerprint density at radius 1 is 1.45 bits per heavy atom. The van der Waals surface area contributed by atoms with Gasteiger partial charge in [-0.3, -0.25) is 14.7 Å². The minimum absolute atomic E-state index is 0.0463. The smallest absolute Gasteiger partial charge is 0.291 e. The summed E-state index contributed by atoms with van der Waals surface area (Å²) in [5.74, 6) is -0.0439. The van der Waals surface area contributed by atoms with Crippen LogP contribution in [0.4, 0.5) is 0 Å². The number of amides is 2. The van der Waals surface area contributed by atoms with Crippen LogP contribution in [0.15, 0.2) is 0 Å². The fourth-order valence-electron chi connectivity index (χ4n) is 1.50. The van der Waals surface area contributed by atoms with E-state index in [4.69, 9.17) is 4.74 Å². The van der Waals surface area contributed by atoms with Crippen LogP contribution in [0, 0.1) is 0 Å². The molecule has 1 aromatic rings. The number of aromatic nitrogens is 3. The first kappa shape index (κ1) is 16.1. The van der Waals surface area contributed by atoms with Crippen molar-refractivity contribution < 1.29 is 14.3 Å². The van der Waals surface area contributed by atoms with E-state index in [0.29, 0.717) is 19.0 Å². The predicted molar refractivity (Wildman–Crippen MR) is 72.2 cm³/mol. The zero-order valence-electron chi connectivity index (χ0n) is 12.0. The molecule has 0 bridgehead atoms. The van der Waals surface area contributed by atoms with Crippen LogP contribution >= 0.6 is 0 Å². The van der Waals surface area contributed by atoms with Crippen molar-refractivity contribution in [2.24, 2.45) is 0 Å². The molecular formula is C12H21N5O3. The summed E-state index contributed by atoms with van der Waals surface area (Å²) >= 11 is 0. The molecule has 1 aromatic heterocycles. The van der Waals surface area contributed by atoms with Crippen LogP contribution < -0.4 is 10.6 Å². The number of hydrogen-bond donors (Lipinski definition) is 3. The lowest BCUT2D eigenvalue weighted by molar-refractivity contribution is -0.122. The Labute approximate surface area is 117 Å². The second kappa shape index (κ2) is 8.26. The van der Waals surface area contributed by atoms with Crippen LogP contribution in [0.2, 0.25) is 0 Å². The van der Waals surface area contributed by atoms with Gasteiger partial charge in [-0.15, -0.1) is 5.10 Å². The van der Waals surface area contributed by atoms with Crippen molar-refractivity contribution >= 4 is 11.8 Å². The van der Waals surface area contributed by atoms with E-state index in [1.807, 2.05) is 6.92 Å². The van der Waals surface area contributed by atoms with Gasteiger partial charge < -0.3 is 15.4 Å². The van der Waals surface area contributed by atoms with Crippen molar-refractivity contribution in [3.8, 4) is 0 Å². The number of ether oxygens (including phenoxy) is 1. The summed E-state index contributed by atoms with van der Waals surface area (Å²) in [6, 6.07) is -0.660. The number of nitrogens with one attached hydrogen (secondary N) is 3. The largest absolute Gasteiger partial charge is 0.383 e. The van der Waals surface area contributed by atoms with Gasteiger partial charge in [-0.2, -0.15) is 0 Å². The highest BCUT2D eigenvalue weighted by atomic mass is 16.5. The van der Waals surface area contributed by atoms with Gasteiger partial charge in [0, 0.05) is 20.1 Å². The highest BCUT2D eigenvalue weighted by molar-refractivity contribution is 5.94. The molecule has 1 unspecified atom stereocenters. The molecule has 3 N–H and O–H groups in total. The predicted octanol–water partition coefficient (Wildman–Crippen LogP) is -0.362. The SMILES string of the molecule is CCCc1nc(C(=O)NC(C)C(=O)NCCOC)n[nH]1. The molecule has 1 rings (SSSR count). The number of hydrogen-bond acceptors (Lipinski definition) is 5. The Bertz CT molecular complexity index is 446. The van der Waals surface area contributed by atoms with Crippen molar-refractivity contribution in [3.05, 3.63) is 11.6 Å². The van der Waals surface area contributed by atoms with Gasteiger partial charge in [0.15, 0.2) is 0 Å². The van der Waals surface area contributed by atoms with Gasteiger partial charge in [0.05, 0.1) is 6.61 Å². The number of rotatable bonds is 8. The molecule has 20 heavy (non-hydrogen) atoms. The van der Waals surface area contributed by atoms with Gasteiger partial charge in [-0.05, 0) is 13.3 Å². The maximum atomic E-state index is 11.8. The molecule has 2 amide bonds. The third kappa shape index (κ3) is 4.96. The lowest BCUT2D eigenvalue weighted by Crippen LogP contribution is -2.45. The Balaban J connectivity index is 2.45. The number of carbonyl (C=O) groups excluding carboxylic acids is 2. The minimum atomic E-state index is -0.660. The van der Waals surface area contributed by atoms with Gasteiger partial charge >= 0.3 is 0 Å². The minimum Gasteiger partial charge on any atom is -0.383 e. The first-order valence-electron chi connectivity index (χ1n) is 6.57. The topological polar surface area (TPSA) is 109 Å². The first-order valence-corrected chi connectivity index (χ1v) is 6.57. The summed E-state index contributed by atoms with van der Waals surface area (Å²) in [4.78, 5) is 27.6. The van der Waals surface area contributed by atoms with Crippen LogP contribution in [0.1, 0.15) is 36.7 Å². The Hall–Kier alpha value is -1.96. The van der Waals surface area contributed by atoms with E-state index < -0.39 is 11.9 Å². The van der Waals surface area contributed by atoms with Gasteiger partial charge in [0.2, 0.25) is 11.7 Å². The first-order chi connectivity index (χ1) is 9.58. The van der Waals surface area contributed by atoms with Gasteiger partial charge in [0.25, 0.3) is 5.91 Å². The average molecular weight is 283 g/mol. The molecule has 8 nitrogen and oxygen atoms in total. The van der Waals surface area contributed by atoms with Crippen LogP contribution in [0.3, 0.4) is 0 Å². The van der Waals surface area contributed by atoms with Gasteiger partial charge in [0.1, 0.15) is 11.9 Å². The summed E-state index contributed by atoms with van der Waals surface area (Å²) in [5.41, 5.74) is 0. The zero-order chi connectivity index (χ0) is 15.0. The summed E-state index contributed by atoms with van der Waals surface area (Å²) < 4.78 is 4.82. The quantitative estimate of drug-likeness (QED) is 0.564. The number of aryl methyl sites for hydroxylation is 1. The third-order valence-electron chi connectivity index (χ3n) is 2.57. The van der Waals surface area contributed by atoms with Crippen LogP contribution in [-0.2, 0) is 16.0 Å². The number of nitrogens with zero attached hydrogens (tertiary/aromatic N) is 2. The number of methoxy groups -OCH3 is 1. The fraction of sp³-hybridized carbons (Fsp3) is 0.667. The Kier molecular flexibility index (Phi) is 6.65. The van der Waals surface area contributed by atoms with E-state index in [0.717, 1.165) is 12.8 Å². The molecule has 8 heteroatoms. The summed E-state index contributed by atoms with van der Waals surface area (Å²) in [5, 5.41) is 11.7. The van der Waals surface area contributed by atoms with Crippen molar-refractivity contribution in [1.82, 2.24) is 25.8 Å². The maximum Gasteiger partial charge on any atom is 0.291 e. The normalized spacial score (nSPS) is 11.9. The summed E-state index contributed by atoms with van der Waals surface area (Å²) in [6.07, 6.45) is 1.64. The lowest BCUT2D eigenvalue weighted by atomic mass is 10.3. The maximum absolute atomic E-state index is 11.8. The summed E-state index contributed by atoms with van der Waals surface area (Å²) in [6.45, 7) is 4.43. The lowest BCUT2D eigenvalue weighted by Gasteiger charge is -2.12. The van der Waals surface area contributed by atoms with Crippen LogP contribution in [-0.4, -0.2) is 53.3 Å². The highest BCUT2D eigenvalue weighted by Gasteiger charge is 2.19. The fourth-order valence-corrected chi connectivity index (χ4v) is 1.50. The third-order valence-corrected chi connectivity index (χ3v) is 2.57. The molecule has 1 atom stereocenters.